The average Bonchev–Trinajstić information content (AvgIpc) is 2.12. The van der Waals surface area contributed by atoms with Crippen molar-refractivity contribution in [2.24, 2.45) is 5.73 Å². The van der Waals surface area contributed by atoms with Gasteiger partial charge in [0.1, 0.15) is 0 Å². The molecule has 0 aromatic heterocycles. The minimum Gasteiger partial charge on any atom is -0.350 e. The lowest BCUT2D eigenvalue weighted by Gasteiger charge is -2.07. The van der Waals surface area contributed by atoms with Crippen molar-refractivity contribution in [2.75, 3.05) is 0 Å². The first-order chi connectivity index (χ1) is 3.80. The van der Waals surface area contributed by atoms with Crippen molar-refractivity contribution in [3.8, 4) is 0 Å². The SMILES string of the molecule is NC(=O)N1C=CNN1. The fourth-order valence-electron chi connectivity index (χ4n) is 0.384. The first-order valence-electron chi connectivity index (χ1n) is 2.07. The number of nitrogens with zero attached hydrogens (tertiary/aromatic N) is 1. The van der Waals surface area contributed by atoms with E-state index in [9.17, 15) is 4.79 Å². The van der Waals surface area contributed by atoms with E-state index < -0.39 is 6.03 Å². The number of rotatable bonds is 0. The number of amides is 2. The molecule has 0 aliphatic carbocycles. The third kappa shape index (κ3) is 0.710. The van der Waals surface area contributed by atoms with Crippen molar-refractivity contribution in [3.63, 3.8) is 0 Å². The maximum Gasteiger partial charge on any atom is 0.334 e. The monoisotopic (exact) mass is 114 g/mol. The molecular formula is C3H6N4O. The summed E-state index contributed by atoms with van der Waals surface area (Å²) in [5.41, 5.74) is 9.83. The Labute approximate surface area is 46.1 Å². The molecule has 2 amide bonds. The fraction of sp³-hybridized carbons (Fsp3) is 0. The van der Waals surface area contributed by atoms with E-state index in [1.165, 1.54) is 6.20 Å². The van der Waals surface area contributed by atoms with Crippen LogP contribution in [0.25, 0.3) is 0 Å². The maximum atomic E-state index is 10.2. The number of hydrogen-bond acceptors (Lipinski definition) is 3. The van der Waals surface area contributed by atoms with Crippen LogP contribution in [0.2, 0.25) is 0 Å². The highest BCUT2D eigenvalue weighted by Gasteiger charge is 2.06. The van der Waals surface area contributed by atoms with Crippen molar-refractivity contribution in [1.29, 1.82) is 0 Å². The van der Waals surface area contributed by atoms with Gasteiger partial charge in [-0.1, -0.05) is 0 Å². The molecule has 5 heteroatoms. The fourth-order valence-corrected chi connectivity index (χ4v) is 0.384. The Morgan fingerprint density at radius 3 is 2.75 bits per heavy atom. The number of hydrogen-bond donors (Lipinski definition) is 3. The third-order valence-electron chi connectivity index (χ3n) is 0.729. The van der Waals surface area contributed by atoms with Crippen LogP contribution in [0.15, 0.2) is 12.4 Å². The van der Waals surface area contributed by atoms with Crippen molar-refractivity contribution in [3.05, 3.63) is 12.4 Å². The van der Waals surface area contributed by atoms with E-state index in [-0.39, 0.29) is 0 Å². The molecule has 8 heavy (non-hydrogen) atoms. The van der Waals surface area contributed by atoms with Gasteiger partial charge < -0.3 is 11.2 Å². The molecule has 1 aliphatic rings. The molecule has 0 unspecified atom stereocenters. The van der Waals surface area contributed by atoms with Gasteiger partial charge in [0.25, 0.3) is 0 Å². The molecule has 44 valence electrons. The topological polar surface area (TPSA) is 70.4 Å². The number of primary amides is 1. The molecule has 1 heterocycles. The van der Waals surface area contributed by atoms with Gasteiger partial charge in [-0.25, -0.2) is 9.80 Å². The molecule has 0 fully saturated rings. The summed E-state index contributed by atoms with van der Waals surface area (Å²) < 4.78 is 0. The van der Waals surface area contributed by atoms with Crippen LogP contribution in [0.5, 0.6) is 0 Å². The van der Waals surface area contributed by atoms with Gasteiger partial charge in [0.15, 0.2) is 0 Å². The Morgan fingerprint density at radius 1 is 1.75 bits per heavy atom. The van der Waals surface area contributed by atoms with E-state index >= 15 is 0 Å². The predicted molar refractivity (Wildman–Crippen MR) is 26.8 cm³/mol. The minimum absolute atomic E-state index is 0.536. The molecule has 0 bridgehead atoms. The summed E-state index contributed by atoms with van der Waals surface area (Å²) in [4.78, 5) is 10.2. The zero-order chi connectivity index (χ0) is 5.98. The van der Waals surface area contributed by atoms with Gasteiger partial charge in [0, 0.05) is 12.4 Å². The van der Waals surface area contributed by atoms with Crippen molar-refractivity contribution >= 4 is 6.03 Å². The molecule has 5 nitrogen and oxygen atoms in total. The molecule has 4 N–H and O–H groups in total. The van der Waals surface area contributed by atoms with Gasteiger partial charge >= 0.3 is 6.03 Å². The molecular weight excluding hydrogens is 108 g/mol. The summed E-state index contributed by atoms with van der Waals surface area (Å²) in [7, 11) is 0. The number of carbonyl (C=O) groups is 1. The summed E-state index contributed by atoms with van der Waals surface area (Å²) in [5.74, 6) is 0. The molecule has 0 aromatic rings. The summed E-state index contributed by atoms with van der Waals surface area (Å²) in [5, 5.41) is 1.12. The number of carbonyl (C=O) groups excluding carboxylic acids is 1. The molecule has 0 saturated carbocycles. The highest BCUT2D eigenvalue weighted by atomic mass is 16.2. The average molecular weight is 114 g/mol. The first kappa shape index (κ1) is 4.92. The van der Waals surface area contributed by atoms with E-state index in [2.05, 4.69) is 11.0 Å². The van der Waals surface area contributed by atoms with E-state index in [0.717, 1.165) is 5.01 Å². The van der Waals surface area contributed by atoms with Gasteiger partial charge in [-0.05, 0) is 0 Å². The highest BCUT2D eigenvalue weighted by Crippen LogP contribution is 1.84. The van der Waals surface area contributed by atoms with Crippen LogP contribution in [0.3, 0.4) is 0 Å². The smallest absolute Gasteiger partial charge is 0.334 e. The molecule has 0 atom stereocenters. The Kier molecular flexibility index (Phi) is 1.05. The van der Waals surface area contributed by atoms with Crippen molar-refractivity contribution in [1.82, 2.24) is 16.0 Å². The molecule has 0 saturated heterocycles. The predicted octanol–water partition coefficient (Wildman–Crippen LogP) is -1.14. The third-order valence-corrected chi connectivity index (χ3v) is 0.729. The summed E-state index contributed by atoms with van der Waals surface area (Å²) in [6, 6.07) is -0.536. The summed E-state index contributed by atoms with van der Waals surface area (Å²) >= 11 is 0. The number of urea groups is 1. The maximum absolute atomic E-state index is 10.2. The number of nitrogens with one attached hydrogen (secondary N) is 2. The molecule has 1 rings (SSSR count). The van der Waals surface area contributed by atoms with Crippen molar-refractivity contribution in [2.45, 2.75) is 0 Å². The first-order valence-corrected chi connectivity index (χ1v) is 2.07. The number of hydrazine groups is 2. The van der Waals surface area contributed by atoms with Crippen LogP contribution in [0, 0.1) is 0 Å². The van der Waals surface area contributed by atoms with Gasteiger partial charge in [-0.3, -0.25) is 0 Å². The Morgan fingerprint density at radius 2 is 2.50 bits per heavy atom. The van der Waals surface area contributed by atoms with Gasteiger partial charge in [-0.2, -0.15) is 0 Å². The molecule has 0 aromatic carbocycles. The number of nitrogens with two attached hydrogens (primary N) is 1. The zero-order valence-corrected chi connectivity index (χ0v) is 4.09. The van der Waals surface area contributed by atoms with Gasteiger partial charge in [-0.15, -0.1) is 5.53 Å². The molecule has 1 aliphatic heterocycles. The lowest BCUT2D eigenvalue weighted by molar-refractivity contribution is 0.207. The Balaban J connectivity index is 2.48. The van der Waals surface area contributed by atoms with Crippen LogP contribution in [-0.4, -0.2) is 11.0 Å². The molecule has 0 radical (unpaired) electrons. The highest BCUT2D eigenvalue weighted by molar-refractivity contribution is 5.72. The van der Waals surface area contributed by atoms with Crippen LogP contribution in [-0.2, 0) is 0 Å². The lowest BCUT2D eigenvalue weighted by Crippen LogP contribution is -2.42. The minimum atomic E-state index is -0.536. The Bertz CT molecular complexity index is 131. The van der Waals surface area contributed by atoms with Crippen LogP contribution < -0.4 is 16.7 Å². The normalized spacial score (nSPS) is 16.2. The standard InChI is InChI=1S/C3H6N4O/c4-3(8)7-2-1-5-6-7/h1-2,5-6H,(H2,4,8). The van der Waals surface area contributed by atoms with Crippen molar-refractivity contribution < 1.29 is 4.79 Å². The second-order valence-corrected chi connectivity index (χ2v) is 1.28. The zero-order valence-electron chi connectivity index (χ0n) is 4.09. The van der Waals surface area contributed by atoms with E-state index in [1.54, 1.807) is 6.20 Å². The quantitative estimate of drug-likeness (QED) is 0.373. The summed E-state index contributed by atoms with van der Waals surface area (Å²) in [6.45, 7) is 0. The van der Waals surface area contributed by atoms with Crippen LogP contribution in [0.4, 0.5) is 4.79 Å². The van der Waals surface area contributed by atoms with Gasteiger partial charge in [0.05, 0.1) is 0 Å². The second kappa shape index (κ2) is 1.71. The summed E-state index contributed by atoms with van der Waals surface area (Å²) in [6.07, 6.45) is 3.05. The molecule has 0 spiro atoms. The largest absolute Gasteiger partial charge is 0.350 e. The second-order valence-electron chi connectivity index (χ2n) is 1.28. The van der Waals surface area contributed by atoms with Crippen LogP contribution in [0.1, 0.15) is 0 Å². The lowest BCUT2D eigenvalue weighted by atomic mass is 10.8. The van der Waals surface area contributed by atoms with Gasteiger partial charge in [0.2, 0.25) is 0 Å². The van der Waals surface area contributed by atoms with E-state index in [4.69, 9.17) is 5.73 Å². The van der Waals surface area contributed by atoms with Crippen LogP contribution >= 0.6 is 0 Å². The van der Waals surface area contributed by atoms with E-state index in [1.807, 2.05) is 0 Å². The van der Waals surface area contributed by atoms with E-state index in [0.29, 0.717) is 0 Å². The Hall–Kier alpha value is -1.23.